The van der Waals surface area contributed by atoms with Crippen LogP contribution in [-0.4, -0.2) is 61.2 Å². The summed E-state index contributed by atoms with van der Waals surface area (Å²) in [4.78, 5) is 5.24. The van der Waals surface area contributed by atoms with E-state index >= 15 is 0 Å². The Morgan fingerprint density at radius 3 is 2.53 bits per heavy atom. The van der Waals surface area contributed by atoms with Gasteiger partial charge in [-0.05, 0) is 72.3 Å². The predicted molar refractivity (Wildman–Crippen MR) is 82.6 cm³/mol. The van der Waals surface area contributed by atoms with Crippen molar-refractivity contribution in [1.29, 1.82) is 0 Å². The average Bonchev–Trinajstić information content (AvgIpc) is 2.47. The van der Waals surface area contributed by atoms with Crippen LogP contribution in [0.1, 0.15) is 52.4 Å². The molecule has 0 aromatic carbocycles. The predicted octanol–water partition coefficient (Wildman–Crippen LogP) is 2.32. The number of piperidine rings is 2. The van der Waals surface area contributed by atoms with E-state index in [9.17, 15) is 0 Å². The molecule has 0 radical (unpaired) electrons. The van der Waals surface area contributed by atoms with Crippen LogP contribution < -0.4 is 5.32 Å². The highest BCUT2D eigenvalue weighted by Crippen LogP contribution is 2.20. The first-order valence-corrected chi connectivity index (χ1v) is 8.38. The van der Waals surface area contributed by atoms with Crippen LogP contribution in [0.3, 0.4) is 0 Å². The Morgan fingerprint density at radius 1 is 1.21 bits per heavy atom. The Bertz CT molecular complexity index is 242. The molecule has 3 nitrogen and oxygen atoms in total. The van der Waals surface area contributed by atoms with Crippen molar-refractivity contribution in [3.05, 3.63) is 0 Å². The summed E-state index contributed by atoms with van der Waals surface area (Å²) >= 11 is 0. The zero-order valence-electron chi connectivity index (χ0n) is 13.2. The second-order valence-corrected chi connectivity index (χ2v) is 6.56. The number of hydrogen-bond donors (Lipinski definition) is 1. The Kier molecular flexibility index (Phi) is 6.11. The van der Waals surface area contributed by atoms with Gasteiger partial charge in [0.05, 0.1) is 0 Å². The minimum atomic E-state index is 0.716. The van der Waals surface area contributed by atoms with E-state index in [0.717, 1.165) is 12.1 Å². The van der Waals surface area contributed by atoms with E-state index in [1.54, 1.807) is 0 Å². The Balaban J connectivity index is 1.73. The van der Waals surface area contributed by atoms with E-state index in [-0.39, 0.29) is 0 Å². The molecule has 2 unspecified atom stereocenters. The van der Waals surface area contributed by atoms with Crippen molar-refractivity contribution in [2.75, 3.05) is 33.2 Å². The topological polar surface area (TPSA) is 18.5 Å². The van der Waals surface area contributed by atoms with Gasteiger partial charge in [-0.3, -0.25) is 0 Å². The molecule has 0 aromatic heterocycles. The molecule has 0 amide bonds. The van der Waals surface area contributed by atoms with Gasteiger partial charge in [-0.1, -0.05) is 13.3 Å². The monoisotopic (exact) mass is 267 g/mol. The van der Waals surface area contributed by atoms with Crippen molar-refractivity contribution in [2.24, 2.45) is 0 Å². The van der Waals surface area contributed by atoms with Gasteiger partial charge >= 0.3 is 0 Å². The van der Waals surface area contributed by atoms with Crippen LogP contribution in [0, 0.1) is 0 Å². The third-order valence-electron chi connectivity index (χ3n) is 5.31. The fourth-order valence-corrected chi connectivity index (χ4v) is 3.71. The zero-order chi connectivity index (χ0) is 13.7. The van der Waals surface area contributed by atoms with E-state index in [4.69, 9.17) is 0 Å². The summed E-state index contributed by atoms with van der Waals surface area (Å²) in [6, 6.07) is 2.29. The highest BCUT2D eigenvalue weighted by atomic mass is 15.2. The van der Waals surface area contributed by atoms with Crippen molar-refractivity contribution in [3.8, 4) is 0 Å². The number of likely N-dealkylation sites (tertiary alicyclic amines) is 1. The molecule has 2 aliphatic rings. The Morgan fingerprint density at radius 2 is 1.95 bits per heavy atom. The van der Waals surface area contributed by atoms with Crippen LogP contribution in [0.4, 0.5) is 0 Å². The molecule has 2 aliphatic heterocycles. The molecule has 0 saturated carbocycles. The second-order valence-electron chi connectivity index (χ2n) is 6.56. The molecule has 2 heterocycles. The van der Waals surface area contributed by atoms with E-state index in [2.05, 4.69) is 36.0 Å². The number of nitrogens with zero attached hydrogens (tertiary/aromatic N) is 2. The maximum Gasteiger partial charge on any atom is 0.0119 e. The van der Waals surface area contributed by atoms with Crippen LogP contribution in [0.5, 0.6) is 0 Å². The molecule has 1 N–H and O–H groups in total. The molecule has 0 spiro atoms. The maximum atomic E-state index is 3.69. The van der Waals surface area contributed by atoms with Gasteiger partial charge in [0.2, 0.25) is 0 Å². The quantitative estimate of drug-likeness (QED) is 0.825. The summed E-state index contributed by atoms with van der Waals surface area (Å²) in [5.41, 5.74) is 0. The molecule has 2 saturated heterocycles. The fraction of sp³-hybridized carbons (Fsp3) is 1.00. The smallest absolute Gasteiger partial charge is 0.0119 e. The molecule has 112 valence electrons. The zero-order valence-corrected chi connectivity index (χ0v) is 13.2. The van der Waals surface area contributed by atoms with Gasteiger partial charge in [-0.15, -0.1) is 0 Å². The lowest BCUT2D eigenvalue weighted by Crippen LogP contribution is -2.48. The lowest BCUT2D eigenvalue weighted by molar-refractivity contribution is 0.0949. The minimum Gasteiger partial charge on any atom is -0.314 e. The van der Waals surface area contributed by atoms with Gasteiger partial charge in [0.1, 0.15) is 0 Å². The van der Waals surface area contributed by atoms with Crippen LogP contribution in [0.25, 0.3) is 0 Å². The number of rotatable bonds is 5. The molecular weight excluding hydrogens is 234 g/mol. The van der Waals surface area contributed by atoms with Gasteiger partial charge in [-0.25, -0.2) is 0 Å². The molecule has 0 bridgehead atoms. The summed E-state index contributed by atoms with van der Waals surface area (Å²) < 4.78 is 0. The first-order valence-electron chi connectivity index (χ1n) is 8.38. The summed E-state index contributed by atoms with van der Waals surface area (Å²) in [6.07, 6.45) is 8.20. The van der Waals surface area contributed by atoms with Crippen molar-refractivity contribution < 1.29 is 0 Å². The third-order valence-corrected chi connectivity index (χ3v) is 5.31. The first-order chi connectivity index (χ1) is 9.20. The highest BCUT2D eigenvalue weighted by molar-refractivity contribution is 4.83. The summed E-state index contributed by atoms with van der Waals surface area (Å²) in [5, 5.41) is 3.69. The molecule has 2 rings (SSSR count). The van der Waals surface area contributed by atoms with Crippen LogP contribution >= 0.6 is 0 Å². The summed E-state index contributed by atoms with van der Waals surface area (Å²) in [5.74, 6) is 0. The molecule has 0 aliphatic carbocycles. The molecule has 19 heavy (non-hydrogen) atoms. The van der Waals surface area contributed by atoms with Crippen LogP contribution in [0.2, 0.25) is 0 Å². The van der Waals surface area contributed by atoms with E-state index in [1.165, 1.54) is 64.7 Å². The largest absolute Gasteiger partial charge is 0.314 e. The standard InChI is InChI=1S/C16H33N3/c1-4-19-11-8-16(9-12-19)18(3)14(2)13-15-7-5-6-10-17-15/h14-17H,4-13H2,1-3H3. The normalized spacial score (nSPS) is 28.7. The first kappa shape index (κ1) is 15.3. The third kappa shape index (κ3) is 4.44. The second kappa shape index (κ2) is 7.61. The lowest BCUT2D eigenvalue weighted by atomic mass is 9.96. The molecule has 2 fully saturated rings. The minimum absolute atomic E-state index is 0.716. The Hall–Kier alpha value is -0.120. The van der Waals surface area contributed by atoms with E-state index in [1.807, 2.05) is 0 Å². The van der Waals surface area contributed by atoms with Crippen molar-refractivity contribution in [3.63, 3.8) is 0 Å². The van der Waals surface area contributed by atoms with Crippen LogP contribution in [0.15, 0.2) is 0 Å². The van der Waals surface area contributed by atoms with Crippen LogP contribution in [-0.2, 0) is 0 Å². The van der Waals surface area contributed by atoms with Crippen molar-refractivity contribution in [2.45, 2.75) is 70.5 Å². The molecular formula is C16H33N3. The average molecular weight is 267 g/mol. The van der Waals surface area contributed by atoms with Gasteiger partial charge in [0.25, 0.3) is 0 Å². The number of nitrogens with one attached hydrogen (secondary N) is 1. The summed E-state index contributed by atoms with van der Waals surface area (Å²) in [7, 11) is 2.35. The summed E-state index contributed by atoms with van der Waals surface area (Å²) in [6.45, 7) is 9.73. The lowest BCUT2D eigenvalue weighted by Gasteiger charge is -2.40. The number of hydrogen-bond acceptors (Lipinski definition) is 3. The Labute approximate surface area is 119 Å². The molecule has 2 atom stereocenters. The van der Waals surface area contributed by atoms with Crippen molar-refractivity contribution in [1.82, 2.24) is 15.1 Å². The fourth-order valence-electron chi connectivity index (χ4n) is 3.71. The van der Waals surface area contributed by atoms with Gasteiger partial charge in [0, 0.05) is 18.1 Å². The van der Waals surface area contributed by atoms with Gasteiger partial charge in [0.15, 0.2) is 0 Å². The van der Waals surface area contributed by atoms with Gasteiger partial charge in [-0.2, -0.15) is 0 Å². The van der Waals surface area contributed by atoms with Gasteiger partial charge < -0.3 is 15.1 Å². The molecule has 3 heteroatoms. The maximum absolute atomic E-state index is 3.69. The SMILES string of the molecule is CCN1CCC(N(C)C(C)CC2CCCCN2)CC1. The molecule has 0 aromatic rings. The highest BCUT2D eigenvalue weighted by Gasteiger charge is 2.26. The van der Waals surface area contributed by atoms with Crippen molar-refractivity contribution >= 4 is 0 Å². The van der Waals surface area contributed by atoms with E-state index in [0.29, 0.717) is 6.04 Å². The van der Waals surface area contributed by atoms with E-state index < -0.39 is 0 Å².